The molecule has 13 heteroatoms. The number of aromatic amines is 1. The second-order valence-electron chi connectivity index (χ2n) is 5.43. The van der Waals surface area contributed by atoms with Crippen molar-refractivity contribution in [3.05, 3.63) is 39.6 Å². The predicted molar refractivity (Wildman–Crippen MR) is 101 cm³/mol. The van der Waals surface area contributed by atoms with E-state index in [1.54, 1.807) is 11.4 Å². The van der Waals surface area contributed by atoms with Gasteiger partial charge in [-0.05, 0) is 36.6 Å². The zero-order valence-electron chi connectivity index (χ0n) is 14.2. The maximum absolute atomic E-state index is 12.6. The number of alkyl halides is 3. The van der Waals surface area contributed by atoms with Gasteiger partial charge in [-0.1, -0.05) is 23.2 Å². The van der Waals surface area contributed by atoms with Crippen molar-refractivity contribution in [2.45, 2.75) is 18.6 Å². The second-order valence-corrected chi connectivity index (χ2v) is 7.26. The van der Waals surface area contributed by atoms with E-state index in [1.165, 1.54) is 30.0 Å². The van der Waals surface area contributed by atoms with E-state index in [2.05, 4.69) is 20.7 Å². The van der Waals surface area contributed by atoms with Crippen molar-refractivity contribution < 1.29 is 22.8 Å². The molecule has 0 fully saturated rings. The monoisotopic (exact) mass is 455 g/mol. The molecule has 0 aliphatic heterocycles. The van der Waals surface area contributed by atoms with Gasteiger partial charge in [0.15, 0.2) is 0 Å². The summed E-state index contributed by atoms with van der Waals surface area (Å²) in [7, 11) is 0. The van der Waals surface area contributed by atoms with Crippen LogP contribution in [0.25, 0.3) is 0 Å². The minimum absolute atomic E-state index is 0.0952. The number of amides is 2. The number of nitrogens with one attached hydrogen (secondary N) is 3. The molecule has 28 heavy (non-hydrogen) atoms. The Bertz CT molecular complexity index is 862. The van der Waals surface area contributed by atoms with Gasteiger partial charge in [-0.2, -0.15) is 29.9 Å². The van der Waals surface area contributed by atoms with Gasteiger partial charge in [0.1, 0.15) is 6.04 Å². The van der Waals surface area contributed by atoms with E-state index in [4.69, 9.17) is 23.2 Å². The quantitative estimate of drug-likeness (QED) is 0.591. The van der Waals surface area contributed by atoms with E-state index in [0.29, 0.717) is 10.8 Å². The lowest BCUT2D eigenvalue weighted by Crippen LogP contribution is -2.44. The van der Waals surface area contributed by atoms with Crippen molar-refractivity contribution in [3.63, 3.8) is 0 Å². The Hall–Kier alpha value is -1.98. The predicted octanol–water partition coefficient (Wildman–Crippen LogP) is 3.62. The Labute approximate surface area is 171 Å². The third-order valence-electron chi connectivity index (χ3n) is 3.40. The van der Waals surface area contributed by atoms with Crippen LogP contribution in [-0.2, 0) is 11.0 Å². The van der Waals surface area contributed by atoms with Crippen molar-refractivity contribution in [2.24, 2.45) is 0 Å². The molecule has 0 radical (unpaired) electrons. The Balaban J connectivity index is 2.12. The molecule has 1 aromatic heterocycles. The van der Waals surface area contributed by atoms with Gasteiger partial charge in [-0.3, -0.25) is 20.0 Å². The molecule has 0 saturated carbocycles. The van der Waals surface area contributed by atoms with Crippen molar-refractivity contribution >= 4 is 52.7 Å². The summed E-state index contributed by atoms with van der Waals surface area (Å²) in [5, 5.41) is 10.1. The van der Waals surface area contributed by atoms with Crippen LogP contribution in [0.4, 0.5) is 19.1 Å². The Kier molecular flexibility index (Phi) is 7.55. The highest BCUT2D eigenvalue weighted by molar-refractivity contribution is 7.98. The van der Waals surface area contributed by atoms with Gasteiger partial charge in [0, 0.05) is 5.02 Å². The van der Waals surface area contributed by atoms with Crippen LogP contribution >= 0.6 is 35.0 Å². The number of halogens is 5. The van der Waals surface area contributed by atoms with Crippen molar-refractivity contribution in [2.75, 3.05) is 17.3 Å². The zero-order valence-corrected chi connectivity index (χ0v) is 16.6. The van der Waals surface area contributed by atoms with E-state index in [0.717, 1.165) is 0 Å². The Morgan fingerprint density at radius 3 is 2.61 bits per heavy atom. The third-order valence-corrected chi connectivity index (χ3v) is 4.59. The van der Waals surface area contributed by atoms with Gasteiger partial charge in [0.25, 0.3) is 5.91 Å². The largest absolute Gasteiger partial charge is 0.451 e. The molecule has 152 valence electrons. The number of hydrogen-bond donors (Lipinski definition) is 3. The first-order valence-electron chi connectivity index (χ1n) is 7.67. The first-order chi connectivity index (χ1) is 13.1. The van der Waals surface area contributed by atoms with Gasteiger partial charge in [0.2, 0.25) is 17.7 Å². The van der Waals surface area contributed by atoms with Gasteiger partial charge < -0.3 is 5.32 Å². The van der Waals surface area contributed by atoms with E-state index >= 15 is 0 Å². The lowest BCUT2D eigenvalue weighted by atomic mass is 10.1. The molecule has 1 aromatic carbocycles. The van der Waals surface area contributed by atoms with Crippen LogP contribution in [-0.4, -0.2) is 45.0 Å². The number of H-pyrrole nitrogens is 1. The summed E-state index contributed by atoms with van der Waals surface area (Å²) in [5.74, 6) is -2.78. The molecule has 0 aliphatic rings. The smallest absolute Gasteiger partial charge is 0.340 e. The molecule has 0 aliphatic carbocycles. The van der Waals surface area contributed by atoms with Crippen LogP contribution in [0.1, 0.15) is 22.6 Å². The number of carbonyl (C=O) groups is 2. The third kappa shape index (κ3) is 6.01. The van der Waals surface area contributed by atoms with Crippen LogP contribution in [0.2, 0.25) is 10.0 Å². The summed E-state index contributed by atoms with van der Waals surface area (Å²) < 4.78 is 37.7. The van der Waals surface area contributed by atoms with E-state index < -0.39 is 35.8 Å². The number of anilines is 1. The fourth-order valence-corrected chi connectivity index (χ4v) is 3.02. The molecule has 7 nitrogen and oxygen atoms in total. The molecular formula is C15H14Cl2F3N5O2S. The average molecular weight is 456 g/mol. The minimum atomic E-state index is -4.73. The fraction of sp³-hybridized carbons (Fsp3) is 0.333. The van der Waals surface area contributed by atoms with Crippen molar-refractivity contribution in [3.8, 4) is 0 Å². The molecule has 3 N–H and O–H groups in total. The topological polar surface area (TPSA) is 99.8 Å². The molecule has 2 amide bonds. The number of nitrogens with zero attached hydrogens (tertiary/aromatic N) is 2. The van der Waals surface area contributed by atoms with Gasteiger partial charge in [-0.15, -0.1) is 5.10 Å². The van der Waals surface area contributed by atoms with Crippen LogP contribution in [0.3, 0.4) is 0 Å². The average Bonchev–Trinajstić information content (AvgIpc) is 3.07. The van der Waals surface area contributed by atoms with E-state index in [9.17, 15) is 22.8 Å². The highest BCUT2D eigenvalue weighted by atomic mass is 35.5. The molecule has 2 aromatic rings. The van der Waals surface area contributed by atoms with Crippen molar-refractivity contribution in [1.82, 2.24) is 20.5 Å². The maximum Gasteiger partial charge on any atom is 0.451 e. The highest BCUT2D eigenvalue weighted by Crippen LogP contribution is 2.26. The fourth-order valence-electron chi connectivity index (χ4n) is 2.06. The number of rotatable bonds is 7. The maximum atomic E-state index is 12.6. The standard InChI is InChI=1S/C15H14Cl2F3N5O2S/c1-28-5-4-10(21-11(26)8-3-2-7(16)6-9(8)17)12(27)22-14-23-13(24-25-14)15(18,19)20/h2-3,6,10H,4-5H2,1H3,(H,21,26)(H2,22,23,24,25,27). The highest BCUT2D eigenvalue weighted by Gasteiger charge is 2.35. The second kappa shape index (κ2) is 9.48. The molecule has 0 saturated heterocycles. The minimum Gasteiger partial charge on any atom is -0.340 e. The normalized spacial score (nSPS) is 12.5. The zero-order chi connectivity index (χ0) is 20.9. The van der Waals surface area contributed by atoms with E-state index in [-0.39, 0.29) is 17.0 Å². The van der Waals surface area contributed by atoms with Crippen molar-refractivity contribution in [1.29, 1.82) is 0 Å². The number of hydrogen-bond acceptors (Lipinski definition) is 5. The lowest BCUT2D eigenvalue weighted by molar-refractivity contribution is -0.144. The molecule has 0 spiro atoms. The van der Waals surface area contributed by atoms with Crippen LogP contribution in [0.15, 0.2) is 18.2 Å². The summed E-state index contributed by atoms with van der Waals surface area (Å²) in [6.45, 7) is 0. The Morgan fingerprint density at radius 1 is 1.32 bits per heavy atom. The number of carbonyl (C=O) groups excluding carboxylic acids is 2. The van der Waals surface area contributed by atoms with Crippen LogP contribution < -0.4 is 10.6 Å². The summed E-state index contributed by atoms with van der Waals surface area (Å²) in [5.41, 5.74) is 0.102. The summed E-state index contributed by atoms with van der Waals surface area (Å²) >= 11 is 13.2. The number of benzene rings is 1. The molecule has 0 bridgehead atoms. The molecule has 1 unspecified atom stereocenters. The first kappa shape index (κ1) is 22.3. The van der Waals surface area contributed by atoms with Crippen LogP contribution in [0.5, 0.6) is 0 Å². The summed E-state index contributed by atoms with van der Waals surface area (Å²) in [6.07, 6.45) is -2.70. The molecule has 1 atom stereocenters. The van der Waals surface area contributed by atoms with Gasteiger partial charge in [0.05, 0.1) is 10.6 Å². The SMILES string of the molecule is CSCCC(NC(=O)c1ccc(Cl)cc1Cl)C(=O)Nc1n[nH]c(C(F)(F)F)n1. The van der Waals surface area contributed by atoms with Gasteiger partial charge >= 0.3 is 6.18 Å². The lowest BCUT2D eigenvalue weighted by Gasteiger charge is -2.17. The van der Waals surface area contributed by atoms with Gasteiger partial charge in [-0.25, -0.2) is 0 Å². The Morgan fingerprint density at radius 2 is 2.04 bits per heavy atom. The molecule has 2 rings (SSSR count). The first-order valence-corrected chi connectivity index (χ1v) is 9.82. The summed E-state index contributed by atoms with van der Waals surface area (Å²) in [6, 6.07) is 3.20. The summed E-state index contributed by atoms with van der Waals surface area (Å²) in [4.78, 5) is 28.0. The van der Waals surface area contributed by atoms with E-state index in [1.807, 2.05) is 0 Å². The number of aromatic nitrogens is 3. The van der Waals surface area contributed by atoms with Crippen LogP contribution in [0, 0.1) is 0 Å². The molecular weight excluding hydrogens is 442 g/mol. The number of thioether (sulfide) groups is 1. The molecule has 1 heterocycles.